The molecule has 1 unspecified atom stereocenters. The predicted molar refractivity (Wildman–Crippen MR) is 69.1 cm³/mol. The molecule has 1 aromatic rings. The van der Waals surface area contributed by atoms with Crippen LogP contribution in [0.3, 0.4) is 0 Å². The standard InChI is InChI=1S/C12H16BrNO3/c1-2-9(5-6-15)14-12(17)10-4-3-8(13)7-11(10)16/h3-4,7,9,15-16H,2,5-6H2,1H3,(H,14,17). The number of phenolic OH excluding ortho intramolecular Hbond substituents is 1. The molecule has 0 saturated heterocycles. The van der Waals surface area contributed by atoms with Crippen molar-refractivity contribution in [3.63, 3.8) is 0 Å². The summed E-state index contributed by atoms with van der Waals surface area (Å²) in [6, 6.07) is 4.65. The normalized spacial score (nSPS) is 12.2. The molecule has 0 aliphatic carbocycles. The van der Waals surface area contributed by atoms with E-state index in [4.69, 9.17) is 5.11 Å². The van der Waals surface area contributed by atoms with Gasteiger partial charge < -0.3 is 15.5 Å². The van der Waals surface area contributed by atoms with E-state index in [1.807, 2.05) is 6.92 Å². The van der Waals surface area contributed by atoms with Crippen LogP contribution >= 0.6 is 15.9 Å². The lowest BCUT2D eigenvalue weighted by atomic mass is 10.1. The summed E-state index contributed by atoms with van der Waals surface area (Å²) in [6.07, 6.45) is 1.25. The number of halogens is 1. The third-order valence-electron chi connectivity index (χ3n) is 2.51. The number of hydrogen-bond acceptors (Lipinski definition) is 3. The van der Waals surface area contributed by atoms with Crippen LogP contribution in [0.4, 0.5) is 0 Å². The van der Waals surface area contributed by atoms with Crippen LogP contribution in [0.1, 0.15) is 30.1 Å². The molecule has 0 bridgehead atoms. The van der Waals surface area contributed by atoms with Crippen LogP contribution in [-0.2, 0) is 0 Å². The number of nitrogens with one attached hydrogen (secondary N) is 1. The molecule has 0 spiro atoms. The molecule has 94 valence electrons. The van der Waals surface area contributed by atoms with E-state index in [1.54, 1.807) is 12.1 Å². The van der Waals surface area contributed by atoms with Crippen molar-refractivity contribution < 1.29 is 15.0 Å². The summed E-state index contributed by atoms with van der Waals surface area (Å²) in [5, 5.41) is 21.2. The van der Waals surface area contributed by atoms with Gasteiger partial charge in [-0.2, -0.15) is 0 Å². The number of aromatic hydroxyl groups is 1. The second-order valence-corrected chi connectivity index (χ2v) is 4.67. The molecule has 0 aliphatic heterocycles. The van der Waals surface area contributed by atoms with Gasteiger partial charge in [0, 0.05) is 17.1 Å². The Morgan fingerprint density at radius 2 is 2.24 bits per heavy atom. The average Bonchev–Trinajstić information content (AvgIpc) is 2.28. The topological polar surface area (TPSA) is 69.6 Å². The van der Waals surface area contributed by atoms with Crippen LogP contribution in [0, 0.1) is 0 Å². The molecule has 0 fully saturated rings. The molecule has 0 saturated carbocycles. The summed E-state index contributed by atoms with van der Waals surface area (Å²) in [5.74, 6) is -0.383. The van der Waals surface area contributed by atoms with Gasteiger partial charge in [0.1, 0.15) is 5.75 Å². The van der Waals surface area contributed by atoms with Gasteiger partial charge >= 0.3 is 0 Å². The van der Waals surface area contributed by atoms with Gasteiger partial charge in [0.05, 0.1) is 5.56 Å². The van der Waals surface area contributed by atoms with E-state index in [2.05, 4.69) is 21.2 Å². The zero-order chi connectivity index (χ0) is 12.8. The zero-order valence-corrected chi connectivity index (χ0v) is 11.2. The zero-order valence-electron chi connectivity index (χ0n) is 9.61. The van der Waals surface area contributed by atoms with Crippen LogP contribution in [0.25, 0.3) is 0 Å². The number of amides is 1. The lowest BCUT2D eigenvalue weighted by Gasteiger charge is -2.16. The van der Waals surface area contributed by atoms with Crippen LogP contribution in [-0.4, -0.2) is 28.8 Å². The Morgan fingerprint density at radius 1 is 1.53 bits per heavy atom. The highest BCUT2D eigenvalue weighted by Gasteiger charge is 2.15. The number of carbonyl (C=O) groups is 1. The Hall–Kier alpha value is -1.07. The highest BCUT2D eigenvalue weighted by atomic mass is 79.9. The minimum Gasteiger partial charge on any atom is -0.507 e. The van der Waals surface area contributed by atoms with E-state index in [-0.39, 0.29) is 29.9 Å². The molecule has 3 N–H and O–H groups in total. The smallest absolute Gasteiger partial charge is 0.255 e. The van der Waals surface area contributed by atoms with Gasteiger partial charge in [-0.05, 0) is 31.0 Å². The molecule has 0 radical (unpaired) electrons. The number of phenols is 1. The molecule has 17 heavy (non-hydrogen) atoms. The molecule has 0 aromatic heterocycles. The van der Waals surface area contributed by atoms with E-state index in [0.29, 0.717) is 10.9 Å². The van der Waals surface area contributed by atoms with Gasteiger partial charge in [-0.25, -0.2) is 0 Å². The molecule has 1 atom stereocenters. The summed E-state index contributed by atoms with van der Waals surface area (Å²) in [5.41, 5.74) is 0.240. The Labute approximate surface area is 109 Å². The molecule has 1 amide bonds. The number of aliphatic hydroxyl groups is 1. The molecule has 0 aliphatic rings. The molecule has 1 aromatic carbocycles. The maximum absolute atomic E-state index is 11.9. The molecular weight excluding hydrogens is 286 g/mol. The lowest BCUT2D eigenvalue weighted by Crippen LogP contribution is -2.35. The third kappa shape index (κ3) is 4.02. The minimum absolute atomic E-state index is 0.0328. The minimum atomic E-state index is -0.324. The summed E-state index contributed by atoms with van der Waals surface area (Å²) < 4.78 is 0.717. The first-order valence-corrected chi connectivity index (χ1v) is 6.28. The number of aliphatic hydroxyl groups excluding tert-OH is 1. The summed E-state index contributed by atoms with van der Waals surface area (Å²) in [6.45, 7) is 1.97. The van der Waals surface area contributed by atoms with Crippen molar-refractivity contribution in [2.24, 2.45) is 0 Å². The SMILES string of the molecule is CCC(CCO)NC(=O)c1ccc(Br)cc1O. The number of rotatable bonds is 5. The first-order valence-electron chi connectivity index (χ1n) is 5.48. The van der Waals surface area contributed by atoms with Gasteiger partial charge in [0.15, 0.2) is 0 Å². The van der Waals surface area contributed by atoms with Crippen molar-refractivity contribution in [2.75, 3.05) is 6.61 Å². The average molecular weight is 302 g/mol. The van der Waals surface area contributed by atoms with Gasteiger partial charge in [-0.1, -0.05) is 22.9 Å². The fourth-order valence-electron chi connectivity index (χ4n) is 1.49. The first kappa shape index (κ1) is 14.0. The van der Waals surface area contributed by atoms with Crippen molar-refractivity contribution in [1.82, 2.24) is 5.32 Å². The Morgan fingerprint density at radius 3 is 2.76 bits per heavy atom. The lowest BCUT2D eigenvalue weighted by molar-refractivity contribution is 0.0926. The number of carbonyl (C=O) groups excluding carboxylic acids is 1. The van der Waals surface area contributed by atoms with Gasteiger partial charge in [0.2, 0.25) is 0 Å². The molecular formula is C12H16BrNO3. The van der Waals surface area contributed by atoms with Gasteiger partial charge in [-0.3, -0.25) is 4.79 Å². The Balaban J connectivity index is 2.75. The monoisotopic (exact) mass is 301 g/mol. The Bertz CT molecular complexity index is 395. The maximum Gasteiger partial charge on any atom is 0.255 e. The first-order chi connectivity index (χ1) is 8.08. The van der Waals surface area contributed by atoms with Crippen LogP contribution in [0.15, 0.2) is 22.7 Å². The second kappa shape index (κ2) is 6.61. The fourth-order valence-corrected chi connectivity index (χ4v) is 1.84. The van der Waals surface area contributed by atoms with E-state index in [0.717, 1.165) is 6.42 Å². The summed E-state index contributed by atoms with van der Waals surface area (Å²) in [4.78, 5) is 11.9. The largest absolute Gasteiger partial charge is 0.507 e. The number of hydrogen-bond donors (Lipinski definition) is 3. The molecule has 5 heteroatoms. The second-order valence-electron chi connectivity index (χ2n) is 3.75. The van der Waals surface area contributed by atoms with Gasteiger partial charge in [0.25, 0.3) is 5.91 Å². The van der Waals surface area contributed by atoms with Crippen molar-refractivity contribution in [2.45, 2.75) is 25.8 Å². The highest BCUT2D eigenvalue weighted by Crippen LogP contribution is 2.22. The molecule has 4 nitrogen and oxygen atoms in total. The maximum atomic E-state index is 11.9. The summed E-state index contributed by atoms with van der Waals surface area (Å²) in [7, 11) is 0. The third-order valence-corrected chi connectivity index (χ3v) is 3.00. The Kier molecular flexibility index (Phi) is 5.44. The van der Waals surface area contributed by atoms with Crippen molar-refractivity contribution in [3.8, 4) is 5.75 Å². The molecule has 0 heterocycles. The predicted octanol–water partition coefficient (Wildman–Crippen LogP) is 2.05. The van der Waals surface area contributed by atoms with Crippen molar-refractivity contribution in [1.29, 1.82) is 0 Å². The summed E-state index contributed by atoms with van der Waals surface area (Å²) >= 11 is 3.21. The van der Waals surface area contributed by atoms with E-state index in [9.17, 15) is 9.90 Å². The van der Waals surface area contributed by atoms with Crippen molar-refractivity contribution >= 4 is 21.8 Å². The van der Waals surface area contributed by atoms with Gasteiger partial charge in [-0.15, -0.1) is 0 Å². The van der Waals surface area contributed by atoms with E-state index in [1.165, 1.54) is 6.07 Å². The van der Waals surface area contributed by atoms with Crippen molar-refractivity contribution in [3.05, 3.63) is 28.2 Å². The van der Waals surface area contributed by atoms with E-state index >= 15 is 0 Å². The fraction of sp³-hybridized carbons (Fsp3) is 0.417. The van der Waals surface area contributed by atoms with Crippen LogP contribution in [0.5, 0.6) is 5.75 Å². The van der Waals surface area contributed by atoms with Crippen LogP contribution < -0.4 is 5.32 Å². The molecule has 1 rings (SSSR count). The highest BCUT2D eigenvalue weighted by molar-refractivity contribution is 9.10. The van der Waals surface area contributed by atoms with Crippen LogP contribution in [0.2, 0.25) is 0 Å². The number of benzene rings is 1. The van der Waals surface area contributed by atoms with E-state index < -0.39 is 0 Å². The quantitative estimate of drug-likeness (QED) is 0.779.